The highest BCUT2D eigenvalue weighted by Crippen LogP contribution is 2.36. The minimum atomic E-state index is -3.62. The van der Waals surface area contributed by atoms with Gasteiger partial charge in [0.2, 0.25) is 15.9 Å². The van der Waals surface area contributed by atoms with Gasteiger partial charge in [-0.25, -0.2) is 17.2 Å². The van der Waals surface area contributed by atoms with Crippen LogP contribution in [0.3, 0.4) is 0 Å². The Kier molecular flexibility index (Phi) is 6.89. The van der Waals surface area contributed by atoms with Crippen molar-refractivity contribution in [3.05, 3.63) is 59.7 Å². The lowest BCUT2D eigenvalue weighted by Crippen LogP contribution is -2.30. The second kappa shape index (κ2) is 9.23. The van der Waals surface area contributed by atoms with E-state index in [0.717, 1.165) is 17.8 Å². The van der Waals surface area contributed by atoms with Gasteiger partial charge in [-0.05, 0) is 31.2 Å². The van der Waals surface area contributed by atoms with Crippen LogP contribution in [0.15, 0.2) is 57.0 Å². The van der Waals surface area contributed by atoms with Crippen LogP contribution in [0, 0.1) is 11.6 Å². The number of thioether (sulfide) groups is 1. The summed E-state index contributed by atoms with van der Waals surface area (Å²) in [5.41, 5.74) is 0.775. The van der Waals surface area contributed by atoms with E-state index in [9.17, 15) is 17.2 Å². The van der Waals surface area contributed by atoms with Crippen molar-refractivity contribution in [3.63, 3.8) is 0 Å². The molecule has 0 amide bonds. The SMILES string of the molecule is CCN(CC)S(=O)(=O)c1cccc(-c2nnc(SC(C)c3ccc(F)cc3F)o2)c1. The van der Waals surface area contributed by atoms with Crippen molar-refractivity contribution >= 4 is 21.8 Å². The van der Waals surface area contributed by atoms with Gasteiger partial charge in [0.1, 0.15) is 11.6 Å². The van der Waals surface area contributed by atoms with Gasteiger partial charge in [-0.2, -0.15) is 4.31 Å². The van der Waals surface area contributed by atoms with Gasteiger partial charge in [0, 0.05) is 35.5 Å². The van der Waals surface area contributed by atoms with E-state index < -0.39 is 26.9 Å². The molecule has 3 rings (SSSR count). The van der Waals surface area contributed by atoms with E-state index in [2.05, 4.69) is 10.2 Å². The average molecular weight is 454 g/mol. The number of aromatic nitrogens is 2. The summed E-state index contributed by atoms with van der Waals surface area (Å²) in [5.74, 6) is -1.14. The molecule has 0 saturated carbocycles. The zero-order valence-corrected chi connectivity index (χ0v) is 18.3. The zero-order chi connectivity index (χ0) is 21.9. The lowest BCUT2D eigenvalue weighted by atomic mass is 10.1. The summed E-state index contributed by atoms with van der Waals surface area (Å²) in [4.78, 5) is 0.137. The van der Waals surface area contributed by atoms with E-state index in [1.807, 2.05) is 0 Å². The fourth-order valence-corrected chi connectivity index (χ4v) is 5.26. The van der Waals surface area contributed by atoms with Crippen molar-refractivity contribution in [2.75, 3.05) is 13.1 Å². The van der Waals surface area contributed by atoms with Crippen LogP contribution >= 0.6 is 11.8 Å². The molecule has 6 nitrogen and oxygen atoms in total. The molecular weight excluding hydrogens is 432 g/mol. The molecule has 0 spiro atoms. The Morgan fingerprint density at radius 3 is 2.50 bits per heavy atom. The molecule has 1 heterocycles. The summed E-state index contributed by atoms with van der Waals surface area (Å²) in [6.07, 6.45) is 0. The van der Waals surface area contributed by atoms with Gasteiger partial charge in [-0.1, -0.05) is 37.7 Å². The van der Waals surface area contributed by atoms with Gasteiger partial charge < -0.3 is 4.42 Å². The molecule has 30 heavy (non-hydrogen) atoms. The Morgan fingerprint density at radius 2 is 1.83 bits per heavy atom. The van der Waals surface area contributed by atoms with Crippen LogP contribution in [0.2, 0.25) is 0 Å². The molecule has 1 unspecified atom stereocenters. The van der Waals surface area contributed by atoms with Crippen LogP contribution in [0.4, 0.5) is 8.78 Å². The first-order chi connectivity index (χ1) is 14.3. The van der Waals surface area contributed by atoms with Gasteiger partial charge >= 0.3 is 0 Å². The third kappa shape index (κ3) is 4.71. The van der Waals surface area contributed by atoms with Crippen LogP contribution in [0.1, 0.15) is 31.6 Å². The molecule has 3 aromatic rings. The van der Waals surface area contributed by atoms with Crippen molar-refractivity contribution < 1.29 is 21.6 Å². The smallest absolute Gasteiger partial charge is 0.277 e. The van der Waals surface area contributed by atoms with Crippen molar-refractivity contribution in [3.8, 4) is 11.5 Å². The van der Waals surface area contributed by atoms with E-state index in [4.69, 9.17) is 4.42 Å². The fraction of sp³-hybridized carbons (Fsp3) is 0.300. The quantitative estimate of drug-likeness (QED) is 0.452. The molecule has 1 atom stereocenters. The van der Waals surface area contributed by atoms with Crippen LogP contribution in [-0.4, -0.2) is 36.0 Å². The summed E-state index contributed by atoms with van der Waals surface area (Å²) in [7, 11) is -3.62. The number of hydrogen-bond donors (Lipinski definition) is 0. The molecule has 0 saturated heterocycles. The molecule has 160 valence electrons. The maximum atomic E-state index is 14.0. The van der Waals surface area contributed by atoms with Gasteiger partial charge in [0.15, 0.2) is 0 Å². The van der Waals surface area contributed by atoms with Gasteiger partial charge in [0.05, 0.1) is 4.90 Å². The topological polar surface area (TPSA) is 76.3 Å². The standard InChI is InChI=1S/C20H21F2N3O3S2/c1-4-25(5-2)30(26,27)16-8-6-7-14(11-16)19-23-24-20(28-19)29-13(3)17-10-9-15(21)12-18(17)22/h6-13H,4-5H2,1-3H3. The number of sulfonamides is 1. The lowest BCUT2D eigenvalue weighted by Gasteiger charge is -2.18. The summed E-state index contributed by atoms with van der Waals surface area (Å²) in [6, 6.07) is 9.68. The second-order valence-corrected chi connectivity index (χ2v) is 9.65. The molecule has 0 aliphatic carbocycles. The van der Waals surface area contributed by atoms with E-state index in [0.29, 0.717) is 24.2 Å². The predicted octanol–water partition coefficient (Wildman–Crippen LogP) is 4.90. The Hall–Kier alpha value is -2.30. The van der Waals surface area contributed by atoms with Gasteiger partial charge in [-0.15, -0.1) is 10.2 Å². The van der Waals surface area contributed by atoms with E-state index in [-0.39, 0.29) is 16.0 Å². The first kappa shape index (κ1) is 22.4. The number of rotatable bonds is 8. The molecule has 2 aromatic carbocycles. The number of benzene rings is 2. The second-order valence-electron chi connectivity index (χ2n) is 6.42. The molecule has 0 radical (unpaired) electrons. The van der Waals surface area contributed by atoms with Crippen LogP contribution < -0.4 is 0 Å². The Bertz CT molecular complexity index is 1130. The third-order valence-electron chi connectivity index (χ3n) is 4.51. The number of hydrogen-bond acceptors (Lipinski definition) is 6. The lowest BCUT2D eigenvalue weighted by molar-refractivity contribution is 0.445. The van der Waals surface area contributed by atoms with Gasteiger partial charge in [-0.3, -0.25) is 0 Å². The van der Waals surface area contributed by atoms with Crippen molar-refractivity contribution in [2.45, 2.75) is 36.1 Å². The van der Waals surface area contributed by atoms with Crippen LogP contribution in [0.25, 0.3) is 11.5 Å². The maximum absolute atomic E-state index is 14.0. The highest BCUT2D eigenvalue weighted by molar-refractivity contribution is 7.99. The summed E-state index contributed by atoms with van der Waals surface area (Å²) in [6.45, 7) is 6.02. The molecule has 0 aliphatic rings. The minimum Gasteiger partial charge on any atom is -0.411 e. The Labute approximate surface area is 178 Å². The Morgan fingerprint density at radius 1 is 1.10 bits per heavy atom. The highest BCUT2D eigenvalue weighted by atomic mass is 32.2. The monoisotopic (exact) mass is 453 g/mol. The molecule has 0 aliphatic heterocycles. The summed E-state index contributed by atoms with van der Waals surface area (Å²) >= 11 is 1.12. The number of nitrogens with zero attached hydrogens (tertiary/aromatic N) is 3. The highest BCUT2D eigenvalue weighted by Gasteiger charge is 2.23. The number of halogens is 2. The molecule has 1 aromatic heterocycles. The van der Waals surface area contributed by atoms with Crippen LogP contribution in [-0.2, 0) is 10.0 Å². The molecule has 0 fully saturated rings. The zero-order valence-electron chi connectivity index (χ0n) is 16.7. The summed E-state index contributed by atoms with van der Waals surface area (Å²) in [5, 5.41) is 7.73. The molecule has 0 bridgehead atoms. The van der Waals surface area contributed by atoms with E-state index >= 15 is 0 Å². The van der Waals surface area contributed by atoms with Crippen molar-refractivity contribution in [1.82, 2.24) is 14.5 Å². The fourth-order valence-electron chi connectivity index (χ4n) is 2.92. The molecule has 0 N–H and O–H groups in total. The first-order valence-electron chi connectivity index (χ1n) is 9.32. The van der Waals surface area contributed by atoms with Crippen LogP contribution in [0.5, 0.6) is 0 Å². The molecule has 10 heteroatoms. The minimum absolute atomic E-state index is 0.137. The van der Waals surface area contributed by atoms with E-state index in [1.165, 1.54) is 28.6 Å². The van der Waals surface area contributed by atoms with Crippen molar-refractivity contribution in [2.24, 2.45) is 0 Å². The third-order valence-corrected chi connectivity index (χ3v) is 7.53. The molecular formula is C20H21F2N3O3S2. The largest absolute Gasteiger partial charge is 0.411 e. The average Bonchev–Trinajstić information content (AvgIpc) is 3.17. The summed E-state index contributed by atoms with van der Waals surface area (Å²) < 4.78 is 59.6. The Balaban J connectivity index is 1.83. The normalized spacial score (nSPS) is 13.0. The first-order valence-corrected chi connectivity index (χ1v) is 11.6. The van der Waals surface area contributed by atoms with E-state index in [1.54, 1.807) is 32.9 Å². The predicted molar refractivity (Wildman–Crippen MR) is 110 cm³/mol. The van der Waals surface area contributed by atoms with Gasteiger partial charge in [0.25, 0.3) is 5.22 Å². The van der Waals surface area contributed by atoms with Crippen molar-refractivity contribution in [1.29, 1.82) is 0 Å². The maximum Gasteiger partial charge on any atom is 0.277 e.